The standard InChI is InChI=1S/C14H27N3S/c1-5-7-8-12(6-2)9-13(17-15)14-10(3)16-11(4)18-14/h12-13,17H,5-9,15H2,1-4H3. The van der Waals surface area contributed by atoms with Crippen LogP contribution < -0.4 is 11.3 Å². The Morgan fingerprint density at radius 2 is 2.06 bits per heavy atom. The zero-order chi connectivity index (χ0) is 13.5. The Labute approximate surface area is 115 Å². The van der Waals surface area contributed by atoms with E-state index in [-0.39, 0.29) is 6.04 Å². The molecule has 0 aliphatic carbocycles. The molecule has 0 aliphatic heterocycles. The molecule has 0 amide bonds. The molecule has 0 aliphatic rings. The summed E-state index contributed by atoms with van der Waals surface area (Å²) in [6.07, 6.45) is 6.25. The molecule has 0 aromatic carbocycles. The Morgan fingerprint density at radius 3 is 2.50 bits per heavy atom. The maximum atomic E-state index is 5.74. The van der Waals surface area contributed by atoms with Crippen molar-refractivity contribution < 1.29 is 0 Å². The Bertz CT molecular complexity index is 349. The summed E-state index contributed by atoms with van der Waals surface area (Å²) in [5.74, 6) is 6.50. The fraction of sp³-hybridized carbons (Fsp3) is 0.786. The van der Waals surface area contributed by atoms with Crippen molar-refractivity contribution >= 4 is 11.3 Å². The van der Waals surface area contributed by atoms with Crippen molar-refractivity contribution in [1.29, 1.82) is 0 Å². The van der Waals surface area contributed by atoms with Gasteiger partial charge < -0.3 is 0 Å². The smallest absolute Gasteiger partial charge is 0.0900 e. The molecule has 0 fully saturated rings. The van der Waals surface area contributed by atoms with Crippen LogP contribution >= 0.6 is 11.3 Å². The normalized spacial score (nSPS) is 14.7. The van der Waals surface area contributed by atoms with E-state index in [2.05, 4.69) is 38.1 Å². The maximum Gasteiger partial charge on any atom is 0.0900 e. The highest BCUT2D eigenvalue weighted by molar-refractivity contribution is 7.11. The third-order valence-corrected chi connectivity index (χ3v) is 4.76. The van der Waals surface area contributed by atoms with Gasteiger partial charge in [-0.05, 0) is 26.2 Å². The van der Waals surface area contributed by atoms with Gasteiger partial charge in [-0.2, -0.15) is 0 Å². The molecular weight excluding hydrogens is 242 g/mol. The van der Waals surface area contributed by atoms with E-state index in [1.54, 1.807) is 11.3 Å². The van der Waals surface area contributed by atoms with Gasteiger partial charge >= 0.3 is 0 Å². The van der Waals surface area contributed by atoms with E-state index in [0.29, 0.717) is 0 Å². The molecule has 0 saturated heterocycles. The Balaban J connectivity index is 2.68. The van der Waals surface area contributed by atoms with Gasteiger partial charge in [-0.15, -0.1) is 11.3 Å². The molecule has 1 rings (SSSR count). The van der Waals surface area contributed by atoms with E-state index in [0.717, 1.165) is 23.0 Å². The summed E-state index contributed by atoms with van der Waals surface area (Å²) in [7, 11) is 0. The number of hydrogen-bond acceptors (Lipinski definition) is 4. The third-order valence-electron chi connectivity index (χ3n) is 3.57. The Kier molecular flexibility index (Phi) is 6.82. The number of rotatable bonds is 8. The Hall–Kier alpha value is -0.450. The summed E-state index contributed by atoms with van der Waals surface area (Å²) < 4.78 is 0. The van der Waals surface area contributed by atoms with E-state index < -0.39 is 0 Å². The van der Waals surface area contributed by atoms with Crippen LogP contribution in [0.15, 0.2) is 0 Å². The van der Waals surface area contributed by atoms with Crippen LogP contribution in [0.1, 0.15) is 67.6 Å². The van der Waals surface area contributed by atoms with Gasteiger partial charge in [0.1, 0.15) is 0 Å². The van der Waals surface area contributed by atoms with Crippen molar-refractivity contribution in [3.8, 4) is 0 Å². The first kappa shape index (κ1) is 15.6. The van der Waals surface area contributed by atoms with E-state index in [1.807, 2.05) is 0 Å². The molecule has 0 spiro atoms. The lowest BCUT2D eigenvalue weighted by molar-refractivity contribution is 0.358. The average molecular weight is 269 g/mol. The second kappa shape index (κ2) is 7.87. The summed E-state index contributed by atoms with van der Waals surface area (Å²) in [5.41, 5.74) is 4.11. The molecule has 2 atom stereocenters. The van der Waals surface area contributed by atoms with Crippen LogP contribution in [0.3, 0.4) is 0 Å². The molecule has 3 nitrogen and oxygen atoms in total. The van der Waals surface area contributed by atoms with Gasteiger partial charge in [0.25, 0.3) is 0 Å². The topological polar surface area (TPSA) is 50.9 Å². The summed E-state index contributed by atoms with van der Waals surface area (Å²) in [6.45, 7) is 8.67. The van der Waals surface area contributed by atoms with Crippen LogP contribution in [0.25, 0.3) is 0 Å². The number of nitrogens with zero attached hydrogens (tertiary/aromatic N) is 1. The molecule has 0 saturated carbocycles. The molecule has 104 valence electrons. The van der Waals surface area contributed by atoms with Crippen molar-refractivity contribution in [2.24, 2.45) is 11.8 Å². The maximum absolute atomic E-state index is 5.74. The van der Waals surface area contributed by atoms with Crippen LogP contribution in [0.5, 0.6) is 0 Å². The molecular formula is C14H27N3S. The highest BCUT2D eigenvalue weighted by Crippen LogP contribution is 2.31. The van der Waals surface area contributed by atoms with Crippen molar-refractivity contribution in [3.63, 3.8) is 0 Å². The Morgan fingerprint density at radius 1 is 1.33 bits per heavy atom. The fourth-order valence-electron chi connectivity index (χ4n) is 2.44. The van der Waals surface area contributed by atoms with Crippen molar-refractivity contribution in [1.82, 2.24) is 10.4 Å². The molecule has 18 heavy (non-hydrogen) atoms. The lowest BCUT2D eigenvalue weighted by Gasteiger charge is -2.21. The van der Waals surface area contributed by atoms with E-state index in [9.17, 15) is 0 Å². The van der Waals surface area contributed by atoms with Gasteiger partial charge in [0.2, 0.25) is 0 Å². The number of unbranched alkanes of at least 4 members (excludes halogenated alkanes) is 1. The van der Waals surface area contributed by atoms with Crippen molar-refractivity contribution in [3.05, 3.63) is 15.6 Å². The lowest BCUT2D eigenvalue weighted by atomic mass is 9.91. The van der Waals surface area contributed by atoms with E-state index in [4.69, 9.17) is 5.84 Å². The summed E-state index contributed by atoms with van der Waals surface area (Å²) in [4.78, 5) is 5.81. The second-order valence-electron chi connectivity index (χ2n) is 5.05. The highest BCUT2D eigenvalue weighted by atomic mass is 32.1. The SMILES string of the molecule is CCCCC(CC)CC(NN)c1sc(C)nc1C. The number of nitrogens with one attached hydrogen (secondary N) is 1. The predicted molar refractivity (Wildman–Crippen MR) is 79.6 cm³/mol. The molecule has 0 radical (unpaired) electrons. The monoisotopic (exact) mass is 269 g/mol. The van der Waals surface area contributed by atoms with Gasteiger partial charge in [-0.1, -0.05) is 39.5 Å². The van der Waals surface area contributed by atoms with Crippen LogP contribution in [0.2, 0.25) is 0 Å². The molecule has 3 N–H and O–H groups in total. The summed E-state index contributed by atoms with van der Waals surface area (Å²) >= 11 is 1.77. The van der Waals surface area contributed by atoms with Crippen LogP contribution in [0, 0.1) is 19.8 Å². The zero-order valence-corrected chi connectivity index (χ0v) is 12.9. The summed E-state index contributed by atoms with van der Waals surface area (Å²) in [5, 5.41) is 1.13. The summed E-state index contributed by atoms with van der Waals surface area (Å²) in [6, 6.07) is 0.262. The third kappa shape index (κ3) is 4.34. The number of nitrogens with two attached hydrogens (primary N) is 1. The molecule has 4 heteroatoms. The van der Waals surface area contributed by atoms with Crippen molar-refractivity contribution in [2.45, 2.75) is 65.8 Å². The van der Waals surface area contributed by atoms with Gasteiger partial charge in [0, 0.05) is 4.88 Å². The minimum atomic E-state index is 0.262. The minimum absolute atomic E-state index is 0.262. The first-order chi connectivity index (χ1) is 8.62. The molecule has 0 bridgehead atoms. The molecule has 1 heterocycles. The number of thiazole rings is 1. The average Bonchev–Trinajstić information content (AvgIpc) is 2.69. The minimum Gasteiger partial charge on any atom is -0.271 e. The number of aryl methyl sites for hydroxylation is 2. The lowest BCUT2D eigenvalue weighted by Crippen LogP contribution is -2.29. The quantitative estimate of drug-likeness (QED) is 0.556. The van der Waals surface area contributed by atoms with Crippen LogP contribution in [0.4, 0.5) is 0 Å². The largest absolute Gasteiger partial charge is 0.271 e. The predicted octanol–water partition coefficient (Wildman–Crippen LogP) is 3.87. The first-order valence-corrected chi connectivity index (χ1v) is 7.84. The van der Waals surface area contributed by atoms with E-state index >= 15 is 0 Å². The second-order valence-corrected chi connectivity index (χ2v) is 6.29. The fourth-order valence-corrected chi connectivity index (χ4v) is 3.44. The number of hydrazine groups is 1. The van der Waals surface area contributed by atoms with Crippen molar-refractivity contribution in [2.75, 3.05) is 0 Å². The van der Waals surface area contributed by atoms with Gasteiger partial charge in [0.05, 0.1) is 16.7 Å². The van der Waals surface area contributed by atoms with Crippen LogP contribution in [-0.2, 0) is 0 Å². The highest BCUT2D eigenvalue weighted by Gasteiger charge is 2.20. The zero-order valence-electron chi connectivity index (χ0n) is 12.1. The van der Waals surface area contributed by atoms with Crippen LogP contribution in [-0.4, -0.2) is 4.98 Å². The number of aromatic nitrogens is 1. The first-order valence-electron chi connectivity index (χ1n) is 7.02. The molecule has 1 aromatic rings. The molecule has 1 aromatic heterocycles. The van der Waals surface area contributed by atoms with Gasteiger partial charge in [-0.25, -0.2) is 4.98 Å². The van der Waals surface area contributed by atoms with E-state index in [1.165, 1.54) is 30.6 Å². The van der Waals surface area contributed by atoms with Gasteiger partial charge in [0.15, 0.2) is 0 Å². The van der Waals surface area contributed by atoms with Gasteiger partial charge in [-0.3, -0.25) is 11.3 Å². The molecule has 2 unspecified atom stereocenters. The number of hydrogen-bond donors (Lipinski definition) is 2.